The van der Waals surface area contributed by atoms with Crippen LogP contribution in [0.2, 0.25) is 0 Å². The van der Waals surface area contributed by atoms with E-state index < -0.39 is 5.97 Å². The summed E-state index contributed by atoms with van der Waals surface area (Å²) in [5.41, 5.74) is 1.08. The molecule has 1 aromatic heterocycles. The molecule has 2 aliphatic rings. The zero-order chi connectivity index (χ0) is 13.4. The van der Waals surface area contributed by atoms with E-state index in [4.69, 9.17) is 0 Å². The van der Waals surface area contributed by atoms with Gasteiger partial charge in [0, 0.05) is 26.0 Å². The number of aromatic nitrogens is 1. The fraction of sp³-hybridized carbons (Fsp3) is 0.600. The first kappa shape index (κ1) is 12.5. The van der Waals surface area contributed by atoms with E-state index in [1.54, 1.807) is 12.3 Å². The second kappa shape index (κ2) is 4.83. The molecule has 1 heterocycles. The summed E-state index contributed by atoms with van der Waals surface area (Å²) in [5.74, 6) is 1.63. The number of hydrogen-bond acceptors (Lipinski definition) is 3. The Balaban J connectivity index is 1.74. The van der Waals surface area contributed by atoms with Crippen molar-refractivity contribution in [3.05, 3.63) is 24.0 Å². The largest absolute Gasteiger partial charge is 0.478 e. The number of carbonyl (C=O) groups is 1. The third kappa shape index (κ3) is 2.31. The molecular weight excluding hydrogens is 240 g/mol. The first-order valence-electron chi connectivity index (χ1n) is 7.03. The van der Waals surface area contributed by atoms with Gasteiger partial charge in [0.1, 0.15) is 5.56 Å². The fourth-order valence-corrected chi connectivity index (χ4v) is 3.93. The van der Waals surface area contributed by atoms with Crippen LogP contribution in [0.3, 0.4) is 0 Å². The number of carboxylic acid groups (broad SMARTS) is 1. The van der Waals surface area contributed by atoms with E-state index >= 15 is 0 Å². The van der Waals surface area contributed by atoms with Gasteiger partial charge >= 0.3 is 5.97 Å². The van der Waals surface area contributed by atoms with E-state index in [1.807, 2.05) is 7.05 Å². The van der Waals surface area contributed by atoms with Crippen molar-refractivity contribution < 1.29 is 9.90 Å². The van der Waals surface area contributed by atoms with E-state index in [0.29, 0.717) is 5.56 Å². The van der Waals surface area contributed by atoms with Crippen LogP contribution in [-0.2, 0) is 0 Å². The fourth-order valence-electron chi connectivity index (χ4n) is 3.93. The Morgan fingerprint density at radius 3 is 2.95 bits per heavy atom. The number of rotatable bonds is 4. The molecule has 2 bridgehead atoms. The molecule has 2 aliphatic carbocycles. The summed E-state index contributed by atoms with van der Waals surface area (Å²) in [6.07, 6.45) is 8.59. The molecule has 0 radical (unpaired) electrons. The van der Waals surface area contributed by atoms with Gasteiger partial charge in [-0.2, -0.15) is 0 Å². The van der Waals surface area contributed by atoms with E-state index in [2.05, 4.69) is 9.88 Å². The lowest BCUT2D eigenvalue weighted by atomic mass is 9.88. The van der Waals surface area contributed by atoms with E-state index in [9.17, 15) is 9.90 Å². The topological polar surface area (TPSA) is 53.4 Å². The van der Waals surface area contributed by atoms with Crippen molar-refractivity contribution >= 4 is 11.7 Å². The molecule has 0 spiro atoms. The Morgan fingerprint density at radius 1 is 1.47 bits per heavy atom. The van der Waals surface area contributed by atoms with Crippen molar-refractivity contribution in [2.24, 2.45) is 17.8 Å². The van der Waals surface area contributed by atoms with Crippen molar-refractivity contribution in [3.8, 4) is 0 Å². The standard InChI is InChI=1S/C15H20N2O2/c1-17(9-12-7-10-2-3-11(12)6-10)14-4-5-16-8-13(14)15(18)19/h4-5,8,10-12H,2-3,6-7,9H2,1H3,(H,18,19). The van der Waals surface area contributed by atoms with E-state index in [-0.39, 0.29) is 0 Å². The highest BCUT2D eigenvalue weighted by Crippen LogP contribution is 2.48. The minimum atomic E-state index is -0.900. The Kier molecular flexibility index (Phi) is 3.17. The summed E-state index contributed by atoms with van der Waals surface area (Å²) in [6, 6.07) is 1.80. The molecule has 2 saturated carbocycles. The summed E-state index contributed by atoms with van der Waals surface area (Å²) in [7, 11) is 1.99. The first-order chi connectivity index (χ1) is 9.15. The molecule has 3 rings (SSSR count). The molecule has 0 aromatic carbocycles. The predicted octanol–water partition coefficient (Wildman–Crippen LogP) is 2.65. The summed E-state index contributed by atoms with van der Waals surface area (Å²) in [4.78, 5) is 17.2. The average Bonchev–Trinajstić information content (AvgIpc) is 3.01. The van der Waals surface area contributed by atoms with Gasteiger partial charge in [-0.3, -0.25) is 4.98 Å². The molecule has 1 N–H and O–H groups in total. The van der Waals surface area contributed by atoms with Gasteiger partial charge in [0.2, 0.25) is 0 Å². The van der Waals surface area contributed by atoms with E-state index in [1.165, 1.54) is 31.9 Å². The van der Waals surface area contributed by atoms with Crippen LogP contribution in [0.15, 0.2) is 18.5 Å². The molecular formula is C15H20N2O2. The quantitative estimate of drug-likeness (QED) is 0.904. The highest BCUT2D eigenvalue weighted by Gasteiger charge is 2.39. The number of fused-ring (bicyclic) bond motifs is 2. The van der Waals surface area contributed by atoms with Crippen molar-refractivity contribution in [1.82, 2.24) is 4.98 Å². The molecule has 19 heavy (non-hydrogen) atoms. The average molecular weight is 260 g/mol. The molecule has 0 amide bonds. The van der Waals surface area contributed by atoms with Gasteiger partial charge in [0.15, 0.2) is 0 Å². The van der Waals surface area contributed by atoms with Gasteiger partial charge in [-0.1, -0.05) is 6.42 Å². The molecule has 3 atom stereocenters. The molecule has 102 valence electrons. The second-order valence-corrected chi connectivity index (χ2v) is 6.01. The number of hydrogen-bond donors (Lipinski definition) is 1. The second-order valence-electron chi connectivity index (χ2n) is 6.01. The number of carboxylic acids is 1. The van der Waals surface area contributed by atoms with Gasteiger partial charge in [0.25, 0.3) is 0 Å². The predicted molar refractivity (Wildman–Crippen MR) is 73.4 cm³/mol. The molecule has 1 aromatic rings. The van der Waals surface area contributed by atoms with Crippen LogP contribution in [0.1, 0.15) is 36.0 Å². The highest BCUT2D eigenvalue weighted by molar-refractivity contribution is 5.93. The van der Waals surface area contributed by atoms with Gasteiger partial charge in [-0.25, -0.2) is 4.79 Å². The van der Waals surface area contributed by atoms with Crippen LogP contribution in [0.5, 0.6) is 0 Å². The minimum absolute atomic E-state index is 0.299. The number of anilines is 1. The molecule has 4 heteroatoms. The number of pyridine rings is 1. The Bertz CT molecular complexity index is 489. The summed E-state index contributed by atoms with van der Waals surface area (Å²) < 4.78 is 0. The SMILES string of the molecule is CN(CC1CC2CCC1C2)c1ccncc1C(=O)O. The van der Waals surface area contributed by atoms with Crippen molar-refractivity contribution in [3.63, 3.8) is 0 Å². The van der Waals surface area contributed by atoms with Crippen LogP contribution >= 0.6 is 0 Å². The van der Waals surface area contributed by atoms with Crippen LogP contribution < -0.4 is 4.90 Å². The molecule has 0 aliphatic heterocycles. The van der Waals surface area contributed by atoms with Crippen LogP contribution in [0.4, 0.5) is 5.69 Å². The molecule has 2 fully saturated rings. The maximum atomic E-state index is 11.2. The summed E-state index contributed by atoms with van der Waals surface area (Å²) in [6.45, 7) is 0.964. The molecule has 3 unspecified atom stereocenters. The zero-order valence-corrected chi connectivity index (χ0v) is 11.2. The maximum Gasteiger partial charge on any atom is 0.339 e. The number of aromatic carboxylic acids is 1. The third-order valence-corrected chi connectivity index (χ3v) is 4.83. The minimum Gasteiger partial charge on any atom is -0.478 e. The molecule has 4 nitrogen and oxygen atoms in total. The highest BCUT2D eigenvalue weighted by atomic mass is 16.4. The zero-order valence-electron chi connectivity index (χ0n) is 11.2. The van der Waals surface area contributed by atoms with Gasteiger partial charge < -0.3 is 10.0 Å². The normalized spacial score (nSPS) is 28.6. The van der Waals surface area contributed by atoms with Gasteiger partial charge in [-0.05, 0) is 43.1 Å². The molecule has 0 saturated heterocycles. The summed E-state index contributed by atoms with van der Waals surface area (Å²) in [5, 5.41) is 9.21. The van der Waals surface area contributed by atoms with Crippen molar-refractivity contribution in [1.29, 1.82) is 0 Å². The van der Waals surface area contributed by atoms with Crippen LogP contribution in [0.25, 0.3) is 0 Å². The smallest absolute Gasteiger partial charge is 0.339 e. The first-order valence-corrected chi connectivity index (χ1v) is 7.03. The van der Waals surface area contributed by atoms with Crippen LogP contribution in [-0.4, -0.2) is 29.7 Å². The van der Waals surface area contributed by atoms with Crippen molar-refractivity contribution in [2.45, 2.75) is 25.7 Å². The van der Waals surface area contributed by atoms with Gasteiger partial charge in [-0.15, -0.1) is 0 Å². The van der Waals surface area contributed by atoms with E-state index in [0.717, 1.165) is 30.0 Å². The lowest BCUT2D eigenvalue weighted by Gasteiger charge is -2.29. The van der Waals surface area contributed by atoms with Crippen molar-refractivity contribution in [2.75, 3.05) is 18.5 Å². The lowest BCUT2D eigenvalue weighted by Crippen LogP contribution is -2.29. The summed E-state index contributed by atoms with van der Waals surface area (Å²) >= 11 is 0. The maximum absolute atomic E-state index is 11.2. The Morgan fingerprint density at radius 2 is 2.32 bits per heavy atom. The number of nitrogens with zero attached hydrogens (tertiary/aromatic N) is 2. The third-order valence-electron chi connectivity index (χ3n) is 4.83. The van der Waals surface area contributed by atoms with Gasteiger partial charge in [0.05, 0.1) is 5.69 Å². The lowest BCUT2D eigenvalue weighted by molar-refractivity contribution is 0.0697. The van der Waals surface area contributed by atoms with Crippen LogP contribution in [0, 0.1) is 17.8 Å². The Hall–Kier alpha value is -1.58. The Labute approximate surface area is 113 Å². The monoisotopic (exact) mass is 260 g/mol.